The smallest absolute Gasteiger partial charge is 0.134 e. The van der Waals surface area contributed by atoms with E-state index in [9.17, 15) is 0 Å². The summed E-state index contributed by atoms with van der Waals surface area (Å²) in [7, 11) is 1.92. The molecule has 4 heteroatoms. The van der Waals surface area contributed by atoms with Crippen LogP contribution in [0.3, 0.4) is 0 Å². The predicted octanol–water partition coefficient (Wildman–Crippen LogP) is 4.24. The van der Waals surface area contributed by atoms with Gasteiger partial charge in [0, 0.05) is 19.2 Å². The molecular weight excluding hydrogens is 248 g/mol. The zero-order valence-electron chi connectivity index (χ0n) is 13.3. The summed E-state index contributed by atoms with van der Waals surface area (Å²) in [6.45, 7) is 5.44. The Morgan fingerprint density at radius 3 is 2.30 bits per heavy atom. The largest absolute Gasteiger partial charge is 0.373 e. The molecule has 0 aromatic carbocycles. The molecule has 0 bridgehead atoms. The average Bonchev–Trinajstić information content (AvgIpc) is 2.48. The molecular formula is C16H30N4. The van der Waals surface area contributed by atoms with Gasteiger partial charge in [0.05, 0.1) is 0 Å². The molecule has 0 saturated carbocycles. The van der Waals surface area contributed by atoms with Gasteiger partial charge in [-0.2, -0.15) is 0 Å². The van der Waals surface area contributed by atoms with Crippen molar-refractivity contribution >= 4 is 11.6 Å². The van der Waals surface area contributed by atoms with Crippen LogP contribution in [-0.2, 0) is 6.42 Å². The summed E-state index contributed by atoms with van der Waals surface area (Å²) in [4.78, 5) is 8.68. The van der Waals surface area contributed by atoms with Gasteiger partial charge >= 0.3 is 0 Å². The van der Waals surface area contributed by atoms with Gasteiger partial charge < -0.3 is 10.6 Å². The summed E-state index contributed by atoms with van der Waals surface area (Å²) < 4.78 is 0. The molecule has 0 aliphatic heterocycles. The molecule has 0 radical (unpaired) electrons. The first-order valence-electron chi connectivity index (χ1n) is 8.08. The molecule has 0 amide bonds. The summed E-state index contributed by atoms with van der Waals surface area (Å²) in [5, 5.41) is 6.63. The second-order valence-electron chi connectivity index (χ2n) is 5.24. The van der Waals surface area contributed by atoms with E-state index in [0.717, 1.165) is 31.0 Å². The molecule has 0 saturated heterocycles. The normalized spacial score (nSPS) is 10.6. The molecule has 0 aliphatic carbocycles. The number of nitrogens with zero attached hydrogens (tertiary/aromatic N) is 2. The second-order valence-corrected chi connectivity index (χ2v) is 5.24. The lowest BCUT2D eigenvalue weighted by molar-refractivity contribution is 0.616. The van der Waals surface area contributed by atoms with E-state index in [-0.39, 0.29) is 0 Å². The number of anilines is 2. The van der Waals surface area contributed by atoms with Crippen LogP contribution in [0.25, 0.3) is 0 Å². The molecule has 20 heavy (non-hydrogen) atoms. The predicted molar refractivity (Wildman–Crippen MR) is 87.4 cm³/mol. The Labute approximate surface area is 123 Å². The van der Waals surface area contributed by atoms with Crippen molar-refractivity contribution in [3.63, 3.8) is 0 Å². The number of nitrogens with one attached hydrogen (secondary N) is 2. The molecule has 0 fully saturated rings. The Hall–Kier alpha value is -1.32. The van der Waals surface area contributed by atoms with Crippen molar-refractivity contribution in [2.24, 2.45) is 0 Å². The number of rotatable bonds is 11. The lowest BCUT2D eigenvalue weighted by atomic mass is 10.1. The zero-order valence-corrected chi connectivity index (χ0v) is 13.3. The molecule has 114 valence electrons. The lowest BCUT2D eigenvalue weighted by Crippen LogP contribution is -2.09. The molecule has 0 spiro atoms. The van der Waals surface area contributed by atoms with Gasteiger partial charge in [-0.1, -0.05) is 52.4 Å². The second kappa shape index (κ2) is 10.5. The van der Waals surface area contributed by atoms with Gasteiger partial charge in [-0.15, -0.1) is 0 Å². The number of hydrogen-bond donors (Lipinski definition) is 2. The van der Waals surface area contributed by atoms with Crippen molar-refractivity contribution in [3.05, 3.63) is 11.9 Å². The fraction of sp³-hybridized carbons (Fsp3) is 0.750. The van der Waals surface area contributed by atoms with Crippen molar-refractivity contribution < 1.29 is 0 Å². The maximum absolute atomic E-state index is 4.39. The van der Waals surface area contributed by atoms with Gasteiger partial charge in [-0.05, 0) is 12.8 Å². The Balaban J connectivity index is 2.39. The first-order valence-corrected chi connectivity index (χ1v) is 8.08. The monoisotopic (exact) mass is 278 g/mol. The van der Waals surface area contributed by atoms with E-state index in [1.54, 1.807) is 6.33 Å². The fourth-order valence-corrected chi connectivity index (χ4v) is 2.38. The Bertz CT molecular complexity index is 365. The first kappa shape index (κ1) is 16.7. The number of unbranched alkanes of at least 4 members (excludes halogenated alkanes) is 5. The van der Waals surface area contributed by atoms with Crippen LogP contribution in [0, 0.1) is 0 Å². The third kappa shape index (κ3) is 5.76. The Kier molecular flexibility index (Phi) is 8.76. The number of hydrogen-bond acceptors (Lipinski definition) is 4. The molecule has 0 aliphatic rings. The highest BCUT2D eigenvalue weighted by atomic mass is 15.1. The Morgan fingerprint density at radius 2 is 1.60 bits per heavy atom. The van der Waals surface area contributed by atoms with Crippen LogP contribution in [0.1, 0.15) is 64.4 Å². The first-order chi connectivity index (χ1) is 9.83. The van der Waals surface area contributed by atoms with E-state index < -0.39 is 0 Å². The molecule has 0 atom stereocenters. The van der Waals surface area contributed by atoms with E-state index in [0.29, 0.717) is 0 Å². The maximum atomic E-state index is 4.39. The third-order valence-electron chi connectivity index (χ3n) is 3.50. The lowest BCUT2D eigenvalue weighted by Gasteiger charge is -2.13. The van der Waals surface area contributed by atoms with Crippen molar-refractivity contribution in [2.75, 3.05) is 24.2 Å². The molecule has 4 nitrogen and oxygen atoms in total. The minimum atomic E-state index is 0.951. The quantitative estimate of drug-likeness (QED) is 0.594. The highest BCUT2D eigenvalue weighted by Gasteiger charge is 2.08. The fourth-order valence-electron chi connectivity index (χ4n) is 2.38. The van der Waals surface area contributed by atoms with E-state index >= 15 is 0 Å². The third-order valence-corrected chi connectivity index (χ3v) is 3.50. The van der Waals surface area contributed by atoms with Crippen molar-refractivity contribution in [1.82, 2.24) is 9.97 Å². The van der Waals surface area contributed by atoms with Crippen LogP contribution in [-0.4, -0.2) is 23.6 Å². The van der Waals surface area contributed by atoms with E-state index in [1.165, 1.54) is 44.1 Å². The Morgan fingerprint density at radius 1 is 0.900 bits per heavy atom. The van der Waals surface area contributed by atoms with Gasteiger partial charge in [0.25, 0.3) is 0 Å². The molecule has 1 heterocycles. The minimum Gasteiger partial charge on any atom is -0.373 e. The van der Waals surface area contributed by atoms with Crippen molar-refractivity contribution in [3.8, 4) is 0 Å². The summed E-state index contributed by atoms with van der Waals surface area (Å²) >= 11 is 0. The van der Waals surface area contributed by atoms with Gasteiger partial charge in [-0.25, -0.2) is 9.97 Å². The zero-order chi connectivity index (χ0) is 14.6. The van der Waals surface area contributed by atoms with Gasteiger partial charge in [0.2, 0.25) is 0 Å². The number of aromatic nitrogens is 2. The van der Waals surface area contributed by atoms with E-state index in [2.05, 4.69) is 34.4 Å². The summed E-state index contributed by atoms with van der Waals surface area (Å²) in [6.07, 6.45) is 11.7. The molecule has 1 aromatic rings. The van der Waals surface area contributed by atoms with Crippen LogP contribution in [0.4, 0.5) is 11.6 Å². The van der Waals surface area contributed by atoms with Crippen LogP contribution in [0.15, 0.2) is 6.33 Å². The summed E-state index contributed by atoms with van der Waals surface area (Å²) in [5.41, 5.74) is 1.21. The van der Waals surface area contributed by atoms with Crippen LogP contribution >= 0.6 is 0 Å². The van der Waals surface area contributed by atoms with Crippen molar-refractivity contribution in [1.29, 1.82) is 0 Å². The maximum Gasteiger partial charge on any atom is 0.134 e. The van der Waals surface area contributed by atoms with E-state index in [4.69, 9.17) is 0 Å². The van der Waals surface area contributed by atoms with Gasteiger partial charge in [0.15, 0.2) is 0 Å². The van der Waals surface area contributed by atoms with Crippen LogP contribution in [0.5, 0.6) is 0 Å². The standard InChI is InChI=1S/C16H30N4/c1-4-6-7-8-9-10-12-18-16-14(11-5-2)15(17-3)19-13-20-16/h13H,4-12H2,1-3H3,(H2,17,18,19,20). The van der Waals surface area contributed by atoms with Gasteiger partial charge in [-0.3, -0.25) is 0 Å². The highest BCUT2D eigenvalue weighted by molar-refractivity contribution is 5.57. The van der Waals surface area contributed by atoms with Crippen LogP contribution in [0.2, 0.25) is 0 Å². The average molecular weight is 278 g/mol. The van der Waals surface area contributed by atoms with Crippen molar-refractivity contribution in [2.45, 2.75) is 65.2 Å². The molecule has 1 aromatic heterocycles. The van der Waals surface area contributed by atoms with E-state index in [1.807, 2.05) is 7.05 Å². The SMILES string of the molecule is CCCCCCCCNc1ncnc(NC)c1CCC. The molecule has 2 N–H and O–H groups in total. The van der Waals surface area contributed by atoms with Crippen LogP contribution < -0.4 is 10.6 Å². The summed E-state index contributed by atoms with van der Waals surface area (Å²) in [5.74, 6) is 1.95. The molecule has 1 rings (SSSR count). The minimum absolute atomic E-state index is 0.951. The topological polar surface area (TPSA) is 49.8 Å². The summed E-state index contributed by atoms with van der Waals surface area (Å²) in [6, 6.07) is 0. The highest BCUT2D eigenvalue weighted by Crippen LogP contribution is 2.21. The van der Waals surface area contributed by atoms with Gasteiger partial charge in [0.1, 0.15) is 18.0 Å². The molecule has 0 unspecified atom stereocenters.